The highest BCUT2D eigenvalue weighted by atomic mass is 127. The summed E-state index contributed by atoms with van der Waals surface area (Å²) in [4.78, 5) is 15.0. The lowest BCUT2D eigenvalue weighted by atomic mass is 10.2. The number of morpholine rings is 1. The Morgan fingerprint density at radius 3 is 2.86 bits per heavy atom. The first-order valence-electron chi connectivity index (χ1n) is 6.89. The van der Waals surface area contributed by atoms with Gasteiger partial charge in [0.1, 0.15) is 12.1 Å². The summed E-state index contributed by atoms with van der Waals surface area (Å²) in [7, 11) is 0. The van der Waals surface area contributed by atoms with E-state index >= 15 is 0 Å². The Labute approximate surface area is 146 Å². The molecule has 2 aromatic heterocycles. The van der Waals surface area contributed by atoms with Crippen LogP contribution in [0.4, 0.5) is 0 Å². The van der Waals surface area contributed by atoms with E-state index in [-0.39, 0.29) is 24.0 Å². The molecule has 0 aliphatic carbocycles. The zero-order valence-corrected chi connectivity index (χ0v) is 14.5. The topological polar surface area (TPSA) is 81.6 Å². The SMILES string of the molecule is I.NC(=NCc1cccnc1-n1ccnc1)N1CCOCC1. The second kappa shape index (κ2) is 8.08. The minimum absolute atomic E-state index is 0. The summed E-state index contributed by atoms with van der Waals surface area (Å²) in [6.45, 7) is 3.46. The molecule has 22 heavy (non-hydrogen) atoms. The van der Waals surface area contributed by atoms with Gasteiger partial charge in [0.15, 0.2) is 5.96 Å². The van der Waals surface area contributed by atoms with Crippen molar-refractivity contribution < 1.29 is 4.74 Å². The maximum atomic E-state index is 6.05. The maximum Gasteiger partial charge on any atom is 0.191 e. The van der Waals surface area contributed by atoms with Crippen LogP contribution in [-0.4, -0.2) is 51.7 Å². The molecule has 7 nitrogen and oxygen atoms in total. The molecule has 0 saturated carbocycles. The van der Waals surface area contributed by atoms with Gasteiger partial charge in [-0.15, -0.1) is 24.0 Å². The van der Waals surface area contributed by atoms with Crippen molar-refractivity contribution in [3.63, 3.8) is 0 Å². The van der Waals surface area contributed by atoms with E-state index < -0.39 is 0 Å². The van der Waals surface area contributed by atoms with Crippen molar-refractivity contribution in [1.29, 1.82) is 0 Å². The number of pyridine rings is 1. The Morgan fingerprint density at radius 2 is 2.14 bits per heavy atom. The van der Waals surface area contributed by atoms with Gasteiger partial charge in [-0.3, -0.25) is 4.57 Å². The average Bonchev–Trinajstić information content (AvgIpc) is 3.08. The smallest absolute Gasteiger partial charge is 0.191 e. The number of halogens is 1. The van der Waals surface area contributed by atoms with Crippen molar-refractivity contribution in [1.82, 2.24) is 19.4 Å². The van der Waals surface area contributed by atoms with E-state index in [4.69, 9.17) is 10.5 Å². The first-order valence-corrected chi connectivity index (χ1v) is 6.89. The molecule has 0 atom stereocenters. The van der Waals surface area contributed by atoms with E-state index in [1.165, 1.54) is 0 Å². The first-order chi connectivity index (χ1) is 10.3. The van der Waals surface area contributed by atoms with Crippen LogP contribution < -0.4 is 5.73 Å². The van der Waals surface area contributed by atoms with Crippen LogP contribution in [0.15, 0.2) is 42.0 Å². The zero-order chi connectivity index (χ0) is 14.5. The van der Waals surface area contributed by atoms with E-state index in [9.17, 15) is 0 Å². The summed E-state index contributed by atoms with van der Waals surface area (Å²) in [6.07, 6.45) is 7.07. The summed E-state index contributed by atoms with van der Waals surface area (Å²) in [6, 6.07) is 3.90. The number of guanidine groups is 1. The molecule has 1 aliphatic heterocycles. The first kappa shape index (κ1) is 16.7. The van der Waals surface area contributed by atoms with Crippen LogP contribution in [0.3, 0.4) is 0 Å². The fraction of sp³-hybridized carbons (Fsp3) is 0.357. The van der Waals surface area contributed by atoms with E-state index in [2.05, 4.69) is 15.0 Å². The fourth-order valence-corrected chi connectivity index (χ4v) is 2.23. The number of nitrogens with zero attached hydrogens (tertiary/aromatic N) is 5. The van der Waals surface area contributed by atoms with Gasteiger partial charge >= 0.3 is 0 Å². The highest BCUT2D eigenvalue weighted by Crippen LogP contribution is 2.12. The van der Waals surface area contributed by atoms with Gasteiger partial charge in [-0.1, -0.05) is 6.07 Å². The quantitative estimate of drug-likeness (QED) is 0.461. The molecule has 1 saturated heterocycles. The number of aliphatic imine (C=N–C) groups is 1. The number of ether oxygens (including phenoxy) is 1. The Balaban J connectivity index is 0.00000176. The van der Waals surface area contributed by atoms with Crippen LogP contribution in [0.5, 0.6) is 0 Å². The Hall–Kier alpha value is -1.68. The van der Waals surface area contributed by atoms with Gasteiger partial charge in [-0.05, 0) is 6.07 Å². The van der Waals surface area contributed by atoms with Crippen LogP contribution >= 0.6 is 24.0 Å². The van der Waals surface area contributed by atoms with Gasteiger partial charge in [0, 0.05) is 37.2 Å². The molecule has 8 heteroatoms. The number of hydrogen-bond acceptors (Lipinski definition) is 4. The zero-order valence-electron chi connectivity index (χ0n) is 12.1. The van der Waals surface area contributed by atoms with E-state index in [0.717, 1.165) is 24.5 Å². The normalized spacial score (nSPS) is 15.5. The van der Waals surface area contributed by atoms with Gasteiger partial charge in [-0.25, -0.2) is 15.0 Å². The van der Waals surface area contributed by atoms with Crippen molar-refractivity contribution in [3.05, 3.63) is 42.6 Å². The minimum Gasteiger partial charge on any atom is -0.378 e. The number of aromatic nitrogens is 3. The Bertz CT molecular complexity index is 610. The second-order valence-electron chi connectivity index (χ2n) is 4.73. The monoisotopic (exact) mass is 414 g/mol. The fourth-order valence-electron chi connectivity index (χ4n) is 2.23. The number of nitrogens with two attached hydrogens (primary N) is 1. The molecule has 0 spiro atoms. The van der Waals surface area contributed by atoms with Crippen molar-refractivity contribution in [2.75, 3.05) is 26.3 Å². The van der Waals surface area contributed by atoms with Gasteiger partial charge in [0.2, 0.25) is 0 Å². The van der Waals surface area contributed by atoms with Crippen molar-refractivity contribution in [3.8, 4) is 5.82 Å². The van der Waals surface area contributed by atoms with Crippen LogP contribution in [0.2, 0.25) is 0 Å². The molecule has 0 amide bonds. The molecule has 0 radical (unpaired) electrons. The van der Waals surface area contributed by atoms with Gasteiger partial charge in [0.05, 0.1) is 19.8 Å². The predicted octanol–water partition coefficient (Wildman–Crippen LogP) is 1.03. The van der Waals surface area contributed by atoms with Crippen LogP contribution in [0.1, 0.15) is 5.56 Å². The van der Waals surface area contributed by atoms with Crippen molar-refractivity contribution in [2.24, 2.45) is 10.7 Å². The molecule has 118 valence electrons. The summed E-state index contributed by atoms with van der Waals surface area (Å²) in [5.41, 5.74) is 7.05. The van der Waals surface area contributed by atoms with Crippen LogP contribution in [-0.2, 0) is 11.3 Å². The number of imidazole rings is 1. The number of rotatable bonds is 3. The van der Waals surface area contributed by atoms with Crippen LogP contribution in [0, 0.1) is 0 Å². The average molecular weight is 414 g/mol. The minimum atomic E-state index is 0. The van der Waals surface area contributed by atoms with E-state index in [1.54, 1.807) is 18.7 Å². The summed E-state index contributed by atoms with van der Waals surface area (Å²) >= 11 is 0. The molecule has 3 heterocycles. The standard InChI is InChI=1S/C14H18N6O.HI/c15-14(19-6-8-21-9-7-19)18-10-12-2-1-3-17-13(12)20-5-4-16-11-20;/h1-5,11H,6-10H2,(H2,15,18);1H. The third kappa shape index (κ3) is 3.95. The lowest BCUT2D eigenvalue weighted by molar-refractivity contribution is 0.0674. The molecular formula is C14H19IN6O. The predicted molar refractivity (Wildman–Crippen MR) is 94.5 cm³/mol. The van der Waals surface area contributed by atoms with E-state index in [0.29, 0.717) is 25.7 Å². The van der Waals surface area contributed by atoms with Gasteiger partial charge in [0.25, 0.3) is 0 Å². The molecule has 2 aromatic rings. The van der Waals surface area contributed by atoms with Crippen molar-refractivity contribution in [2.45, 2.75) is 6.54 Å². The molecule has 1 aliphatic rings. The highest BCUT2D eigenvalue weighted by Gasteiger charge is 2.12. The largest absolute Gasteiger partial charge is 0.378 e. The molecule has 2 N–H and O–H groups in total. The molecule has 0 unspecified atom stereocenters. The maximum absolute atomic E-state index is 6.05. The van der Waals surface area contributed by atoms with Crippen molar-refractivity contribution >= 4 is 29.9 Å². The highest BCUT2D eigenvalue weighted by molar-refractivity contribution is 14.0. The second-order valence-corrected chi connectivity index (χ2v) is 4.73. The van der Waals surface area contributed by atoms with Gasteiger partial charge < -0.3 is 15.4 Å². The Kier molecular flexibility index (Phi) is 6.13. The molecule has 3 rings (SSSR count). The van der Waals surface area contributed by atoms with E-state index in [1.807, 2.05) is 27.8 Å². The third-order valence-electron chi connectivity index (χ3n) is 3.36. The van der Waals surface area contributed by atoms with Crippen LogP contribution in [0.25, 0.3) is 5.82 Å². The lowest BCUT2D eigenvalue weighted by Crippen LogP contribution is -2.44. The third-order valence-corrected chi connectivity index (χ3v) is 3.36. The Morgan fingerprint density at radius 1 is 1.32 bits per heavy atom. The summed E-state index contributed by atoms with van der Waals surface area (Å²) in [5, 5.41) is 0. The molecule has 1 fully saturated rings. The lowest BCUT2D eigenvalue weighted by Gasteiger charge is -2.27. The summed E-state index contributed by atoms with van der Waals surface area (Å²) < 4.78 is 7.18. The summed E-state index contributed by atoms with van der Waals surface area (Å²) in [5.74, 6) is 1.38. The molecule has 0 aromatic carbocycles. The molecule has 0 bridgehead atoms. The molecular weight excluding hydrogens is 395 g/mol. The van der Waals surface area contributed by atoms with Gasteiger partial charge in [-0.2, -0.15) is 0 Å². The number of hydrogen-bond donors (Lipinski definition) is 1.